The van der Waals surface area contributed by atoms with E-state index in [9.17, 15) is 4.79 Å². The summed E-state index contributed by atoms with van der Waals surface area (Å²) in [4.78, 5) is 13.9. The Morgan fingerprint density at radius 1 is 1.31 bits per heavy atom. The van der Waals surface area contributed by atoms with E-state index in [0.717, 1.165) is 31.8 Å². The molecular weight excluding hydrogens is 200 g/mol. The summed E-state index contributed by atoms with van der Waals surface area (Å²) in [5.41, 5.74) is 5.93. The highest BCUT2D eigenvalue weighted by molar-refractivity contribution is 5.76. The molecule has 1 aliphatic heterocycles. The fourth-order valence-electron chi connectivity index (χ4n) is 2.98. The van der Waals surface area contributed by atoms with Gasteiger partial charge >= 0.3 is 0 Å². The standard InChI is InChI=1S/C13H24N2O/c1-10-8-15(9-12(10)14)13(16)7-6-11-4-2-3-5-11/h10-12H,2-9,14H2,1H3. The third kappa shape index (κ3) is 2.76. The molecule has 0 aromatic carbocycles. The maximum atomic E-state index is 12.0. The molecule has 3 heteroatoms. The molecule has 16 heavy (non-hydrogen) atoms. The highest BCUT2D eigenvalue weighted by atomic mass is 16.2. The first-order valence-electron chi connectivity index (χ1n) is 6.70. The third-order valence-electron chi connectivity index (χ3n) is 4.26. The number of nitrogens with two attached hydrogens (primary N) is 1. The normalized spacial score (nSPS) is 31.2. The van der Waals surface area contributed by atoms with Crippen molar-refractivity contribution in [1.29, 1.82) is 0 Å². The van der Waals surface area contributed by atoms with E-state index in [2.05, 4.69) is 6.92 Å². The fraction of sp³-hybridized carbons (Fsp3) is 0.923. The van der Waals surface area contributed by atoms with E-state index in [4.69, 9.17) is 5.73 Å². The van der Waals surface area contributed by atoms with Crippen LogP contribution in [0.5, 0.6) is 0 Å². The molecule has 0 radical (unpaired) electrons. The van der Waals surface area contributed by atoms with Crippen molar-refractivity contribution >= 4 is 5.91 Å². The Bertz CT molecular complexity index is 238. The molecule has 2 aliphatic rings. The third-order valence-corrected chi connectivity index (χ3v) is 4.26. The molecule has 2 atom stereocenters. The second-order valence-electron chi connectivity index (χ2n) is 5.63. The van der Waals surface area contributed by atoms with Gasteiger partial charge < -0.3 is 10.6 Å². The molecule has 3 nitrogen and oxygen atoms in total. The molecule has 1 amide bonds. The minimum absolute atomic E-state index is 0.190. The number of rotatable bonds is 3. The molecule has 1 heterocycles. The van der Waals surface area contributed by atoms with Crippen LogP contribution >= 0.6 is 0 Å². The molecule has 0 aromatic heterocycles. The van der Waals surface area contributed by atoms with Gasteiger partial charge in [-0.15, -0.1) is 0 Å². The summed E-state index contributed by atoms with van der Waals surface area (Å²) in [6.45, 7) is 3.77. The van der Waals surface area contributed by atoms with Gasteiger partial charge in [-0.25, -0.2) is 0 Å². The second kappa shape index (κ2) is 5.17. The largest absolute Gasteiger partial charge is 0.341 e. The molecule has 92 valence electrons. The summed E-state index contributed by atoms with van der Waals surface area (Å²) in [5, 5.41) is 0. The summed E-state index contributed by atoms with van der Waals surface area (Å²) in [7, 11) is 0. The van der Waals surface area contributed by atoms with Gasteiger partial charge in [0.2, 0.25) is 5.91 Å². The lowest BCUT2D eigenvalue weighted by Crippen LogP contribution is -2.32. The Labute approximate surface area is 98.4 Å². The van der Waals surface area contributed by atoms with Gasteiger partial charge in [0, 0.05) is 25.6 Å². The smallest absolute Gasteiger partial charge is 0.222 e. The monoisotopic (exact) mass is 224 g/mol. The van der Waals surface area contributed by atoms with E-state index in [0.29, 0.717) is 11.8 Å². The molecule has 2 rings (SSSR count). The molecular formula is C13H24N2O. The zero-order valence-corrected chi connectivity index (χ0v) is 10.3. The molecule has 2 fully saturated rings. The average molecular weight is 224 g/mol. The van der Waals surface area contributed by atoms with E-state index in [1.807, 2.05) is 4.90 Å². The van der Waals surface area contributed by atoms with Gasteiger partial charge in [0.1, 0.15) is 0 Å². The van der Waals surface area contributed by atoms with Gasteiger partial charge in [-0.2, -0.15) is 0 Å². The second-order valence-corrected chi connectivity index (χ2v) is 5.63. The number of hydrogen-bond donors (Lipinski definition) is 1. The van der Waals surface area contributed by atoms with Crippen molar-refractivity contribution in [1.82, 2.24) is 4.90 Å². The molecule has 2 unspecified atom stereocenters. The van der Waals surface area contributed by atoms with Crippen molar-refractivity contribution in [2.75, 3.05) is 13.1 Å². The molecule has 0 spiro atoms. The van der Waals surface area contributed by atoms with Gasteiger partial charge in [0.15, 0.2) is 0 Å². The summed E-state index contributed by atoms with van der Waals surface area (Å²) in [6.07, 6.45) is 7.24. The van der Waals surface area contributed by atoms with Crippen LogP contribution in [0.3, 0.4) is 0 Å². The van der Waals surface area contributed by atoms with Gasteiger partial charge in [0.05, 0.1) is 0 Å². The zero-order chi connectivity index (χ0) is 11.5. The van der Waals surface area contributed by atoms with E-state index in [-0.39, 0.29) is 6.04 Å². The lowest BCUT2D eigenvalue weighted by atomic mass is 10.0. The van der Waals surface area contributed by atoms with E-state index >= 15 is 0 Å². The summed E-state index contributed by atoms with van der Waals surface area (Å²) in [6, 6.07) is 0.190. The van der Waals surface area contributed by atoms with Gasteiger partial charge in [0.25, 0.3) is 0 Å². The minimum Gasteiger partial charge on any atom is -0.341 e. The number of hydrogen-bond acceptors (Lipinski definition) is 2. The molecule has 1 aliphatic carbocycles. The van der Waals surface area contributed by atoms with E-state index in [1.54, 1.807) is 0 Å². The van der Waals surface area contributed by atoms with Crippen molar-refractivity contribution in [3.8, 4) is 0 Å². The Balaban J connectivity index is 1.71. The van der Waals surface area contributed by atoms with Crippen molar-refractivity contribution in [3.63, 3.8) is 0 Å². The molecule has 1 saturated heterocycles. The summed E-state index contributed by atoms with van der Waals surface area (Å²) in [5.74, 6) is 1.61. The average Bonchev–Trinajstić information content (AvgIpc) is 2.86. The first-order chi connectivity index (χ1) is 7.66. The topological polar surface area (TPSA) is 46.3 Å². The Morgan fingerprint density at radius 2 is 2.00 bits per heavy atom. The number of carbonyl (C=O) groups is 1. The van der Waals surface area contributed by atoms with Crippen LogP contribution in [-0.4, -0.2) is 29.9 Å². The number of amides is 1. The van der Waals surface area contributed by atoms with Gasteiger partial charge in [-0.3, -0.25) is 4.79 Å². The van der Waals surface area contributed by atoms with Crippen LogP contribution in [0.4, 0.5) is 0 Å². The van der Waals surface area contributed by atoms with Crippen molar-refractivity contribution in [2.45, 2.75) is 51.5 Å². The first-order valence-corrected chi connectivity index (χ1v) is 6.70. The van der Waals surface area contributed by atoms with Crippen LogP contribution in [0.2, 0.25) is 0 Å². The predicted molar refractivity (Wildman–Crippen MR) is 64.9 cm³/mol. The van der Waals surface area contributed by atoms with Crippen LogP contribution in [-0.2, 0) is 4.79 Å². The van der Waals surface area contributed by atoms with E-state index in [1.165, 1.54) is 25.7 Å². The maximum absolute atomic E-state index is 12.0. The molecule has 0 bridgehead atoms. The van der Waals surface area contributed by atoms with Gasteiger partial charge in [-0.1, -0.05) is 32.6 Å². The number of nitrogens with zero attached hydrogens (tertiary/aromatic N) is 1. The highest BCUT2D eigenvalue weighted by Crippen LogP contribution is 2.29. The van der Waals surface area contributed by atoms with Crippen molar-refractivity contribution in [2.24, 2.45) is 17.6 Å². The number of carbonyl (C=O) groups excluding carboxylic acids is 1. The Hall–Kier alpha value is -0.570. The van der Waals surface area contributed by atoms with Crippen LogP contribution in [0.25, 0.3) is 0 Å². The van der Waals surface area contributed by atoms with Crippen LogP contribution in [0.1, 0.15) is 45.4 Å². The Morgan fingerprint density at radius 3 is 2.56 bits per heavy atom. The van der Waals surface area contributed by atoms with Crippen molar-refractivity contribution in [3.05, 3.63) is 0 Å². The number of likely N-dealkylation sites (tertiary alicyclic amines) is 1. The highest BCUT2D eigenvalue weighted by Gasteiger charge is 2.29. The predicted octanol–water partition coefficient (Wildman–Crippen LogP) is 1.76. The summed E-state index contributed by atoms with van der Waals surface area (Å²) >= 11 is 0. The van der Waals surface area contributed by atoms with Crippen molar-refractivity contribution < 1.29 is 4.79 Å². The fourth-order valence-corrected chi connectivity index (χ4v) is 2.98. The van der Waals surface area contributed by atoms with Crippen LogP contribution < -0.4 is 5.73 Å². The molecule has 2 N–H and O–H groups in total. The zero-order valence-electron chi connectivity index (χ0n) is 10.3. The maximum Gasteiger partial charge on any atom is 0.222 e. The lowest BCUT2D eigenvalue weighted by molar-refractivity contribution is -0.130. The van der Waals surface area contributed by atoms with Crippen LogP contribution in [0.15, 0.2) is 0 Å². The van der Waals surface area contributed by atoms with Gasteiger partial charge in [-0.05, 0) is 18.3 Å². The molecule has 1 saturated carbocycles. The lowest BCUT2D eigenvalue weighted by Gasteiger charge is -2.17. The summed E-state index contributed by atoms with van der Waals surface area (Å²) < 4.78 is 0. The van der Waals surface area contributed by atoms with E-state index < -0.39 is 0 Å². The quantitative estimate of drug-likeness (QED) is 0.794. The minimum atomic E-state index is 0.190. The Kier molecular flexibility index (Phi) is 3.85. The molecule has 0 aromatic rings. The van der Waals surface area contributed by atoms with Crippen LogP contribution in [0, 0.1) is 11.8 Å². The first kappa shape index (κ1) is 11.9. The SMILES string of the molecule is CC1CN(C(=O)CCC2CCCC2)CC1N.